The molecule has 19 heavy (non-hydrogen) atoms. The lowest BCUT2D eigenvalue weighted by Gasteiger charge is -2.18. The molecule has 0 radical (unpaired) electrons. The molecule has 0 bridgehead atoms. The SMILES string of the molecule is Nc1cc(C(=O)NC(c2ccccc2)C2CC2)[nH]n1. The molecular weight excluding hydrogens is 240 g/mol. The van der Waals surface area contributed by atoms with E-state index in [1.165, 1.54) is 0 Å². The van der Waals surface area contributed by atoms with E-state index in [1.54, 1.807) is 6.07 Å². The lowest BCUT2D eigenvalue weighted by Crippen LogP contribution is -2.30. The molecule has 5 nitrogen and oxygen atoms in total. The highest BCUT2D eigenvalue weighted by atomic mass is 16.2. The van der Waals surface area contributed by atoms with Gasteiger partial charge in [-0.2, -0.15) is 5.10 Å². The average Bonchev–Trinajstić information content (AvgIpc) is 3.18. The number of carbonyl (C=O) groups is 1. The van der Waals surface area contributed by atoms with Gasteiger partial charge in [0.2, 0.25) is 0 Å². The summed E-state index contributed by atoms with van der Waals surface area (Å²) in [6.07, 6.45) is 2.32. The van der Waals surface area contributed by atoms with E-state index in [1.807, 2.05) is 30.3 Å². The highest BCUT2D eigenvalue weighted by molar-refractivity contribution is 5.93. The first kappa shape index (κ1) is 11.8. The quantitative estimate of drug-likeness (QED) is 0.780. The molecular formula is C14H16N4O. The van der Waals surface area contributed by atoms with Crippen molar-refractivity contribution in [3.63, 3.8) is 0 Å². The molecule has 1 unspecified atom stereocenters. The number of nitrogen functional groups attached to an aromatic ring is 1. The van der Waals surface area contributed by atoms with Gasteiger partial charge in [-0.25, -0.2) is 0 Å². The predicted octanol–water partition coefficient (Wildman–Crippen LogP) is 1.87. The minimum absolute atomic E-state index is 0.0678. The van der Waals surface area contributed by atoms with Crippen LogP contribution in [0.25, 0.3) is 0 Å². The molecule has 1 heterocycles. The number of nitrogens with zero attached hydrogens (tertiary/aromatic N) is 1. The number of anilines is 1. The van der Waals surface area contributed by atoms with E-state index in [-0.39, 0.29) is 11.9 Å². The van der Waals surface area contributed by atoms with Crippen molar-refractivity contribution in [1.29, 1.82) is 0 Å². The summed E-state index contributed by atoms with van der Waals surface area (Å²) in [6, 6.07) is 11.7. The van der Waals surface area contributed by atoms with Crippen LogP contribution in [-0.4, -0.2) is 16.1 Å². The molecule has 1 aromatic heterocycles. The second kappa shape index (κ2) is 4.76. The van der Waals surface area contributed by atoms with Crippen LogP contribution in [0.1, 0.15) is 34.9 Å². The van der Waals surface area contributed by atoms with Crippen LogP contribution < -0.4 is 11.1 Å². The van der Waals surface area contributed by atoms with Crippen LogP contribution in [-0.2, 0) is 0 Å². The molecule has 98 valence electrons. The van der Waals surface area contributed by atoms with Gasteiger partial charge < -0.3 is 11.1 Å². The Labute approximate surface area is 111 Å². The second-order valence-corrected chi connectivity index (χ2v) is 4.91. The Bertz CT molecular complexity index is 574. The Kier molecular flexibility index (Phi) is 2.95. The van der Waals surface area contributed by atoms with Crippen LogP contribution in [0, 0.1) is 5.92 Å². The van der Waals surface area contributed by atoms with Gasteiger partial charge in [-0.1, -0.05) is 30.3 Å². The number of nitrogens with one attached hydrogen (secondary N) is 2. The van der Waals surface area contributed by atoms with Gasteiger partial charge in [0.05, 0.1) is 6.04 Å². The highest BCUT2D eigenvalue weighted by Gasteiger charge is 2.33. The van der Waals surface area contributed by atoms with Crippen LogP contribution in [0.2, 0.25) is 0 Å². The standard InChI is InChI=1S/C14H16N4O/c15-12-8-11(17-18-12)14(19)16-13(10-6-7-10)9-4-2-1-3-5-9/h1-5,8,10,13H,6-7H2,(H,16,19)(H3,15,17,18). The normalized spacial score (nSPS) is 16.0. The van der Waals surface area contributed by atoms with Gasteiger partial charge >= 0.3 is 0 Å². The van der Waals surface area contributed by atoms with Crippen LogP contribution in [0.15, 0.2) is 36.4 Å². The van der Waals surface area contributed by atoms with Crippen molar-refractivity contribution in [2.24, 2.45) is 5.92 Å². The molecule has 1 amide bonds. The molecule has 4 N–H and O–H groups in total. The number of rotatable bonds is 4. The van der Waals surface area contributed by atoms with Crippen molar-refractivity contribution >= 4 is 11.7 Å². The van der Waals surface area contributed by atoms with Gasteiger partial charge in [-0.3, -0.25) is 9.89 Å². The number of hydrogen-bond donors (Lipinski definition) is 3. The van der Waals surface area contributed by atoms with Crippen LogP contribution in [0.4, 0.5) is 5.82 Å². The number of amides is 1. The maximum Gasteiger partial charge on any atom is 0.269 e. The predicted molar refractivity (Wildman–Crippen MR) is 72.4 cm³/mol. The molecule has 1 aliphatic carbocycles. The summed E-state index contributed by atoms with van der Waals surface area (Å²) < 4.78 is 0. The van der Waals surface area contributed by atoms with Crippen LogP contribution >= 0.6 is 0 Å². The summed E-state index contributed by atoms with van der Waals surface area (Å²) in [5.74, 6) is 0.699. The third kappa shape index (κ3) is 2.59. The summed E-state index contributed by atoms with van der Waals surface area (Å²) in [6.45, 7) is 0. The van der Waals surface area contributed by atoms with Gasteiger partial charge in [0.1, 0.15) is 11.5 Å². The van der Waals surface area contributed by atoms with E-state index in [4.69, 9.17) is 5.73 Å². The van der Waals surface area contributed by atoms with Crippen molar-refractivity contribution in [2.45, 2.75) is 18.9 Å². The van der Waals surface area contributed by atoms with Crippen molar-refractivity contribution in [3.8, 4) is 0 Å². The van der Waals surface area contributed by atoms with E-state index in [2.05, 4.69) is 15.5 Å². The maximum absolute atomic E-state index is 12.1. The molecule has 3 rings (SSSR count). The number of benzene rings is 1. The van der Waals surface area contributed by atoms with Gasteiger partial charge in [0, 0.05) is 6.07 Å². The summed E-state index contributed by atoms with van der Waals surface area (Å²) in [5, 5.41) is 9.46. The molecule has 1 aliphatic rings. The van der Waals surface area contributed by atoms with E-state index < -0.39 is 0 Å². The first-order valence-corrected chi connectivity index (χ1v) is 6.41. The molecule has 2 aromatic rings. The smallest absolute Gasteiger partial charge is 0.269 e. The number of hydrogen-bond acceptors (Lipinski definition) is 3. The molecule has 1 aromatic carbocycles. The monoisotopic (exact) mass is 256 g/mol. The molecule has 0 saturated heterocycles. The Morgan fingerprint density at radius 3 is 2.68 bits per heavy atom. The zero-order valence-corrected chi connectivity index (χ0v) is 10.5. The fourth-order valence-electron chi connectivity index (χ4n) is 2.24. The van der Waals surface area contributed by atoms with Crippen molar-refractivity contribution < 1.29 is 4.79 Å². The number of aromatic nitrogens is 2. The number of carbonyl (C=O) groups excluding carboxylic acids is 1. The Morgan fingerprint density at radius 1 is 1.37 bits per heavy atom. The van der Waals surface area contributed by atoms with E-state index in [0.717, 1.165) is 18.4 Å². The number of H-pyrrole nitrogens is 1. The molecule has 0 aliphatic heterocycles. The Hall–Kier alpha value is -2.30. The molecule has 1 saturated carbocycles. The summed E-state index contributed by atoms with van der Waals surface area (Å²) in [4.78, 5) is 12.1. The third-order valence-corrected chi connectivity index (χ3v) is 3.38. The zero-order valence-electron chi connectivity index (χ0n) is 10.5. The molecule has 1 fully saturated rings. The van der Waals surface area contributed by atoms with Gasteiger partial charge in [-0.15, -0.1) is 0 Å². The average molecular weight is 256 g/mol. The molecule has 5 heteroatoms. The second-order valence-electron chi connectivity index (χ2n) is 4.91. The topological polar surface area (TPSA) is 83.8 Å². The van der Waals surface area contributed by atoms with Crippen molar-refractivity contribution in [3.05, 3.63) is 47.7 Å². The number of aromatic amines is 1. The molecule has 0 spiro atoms. The van der Waals surface area contributed by atoms with Crippen LogP contribution in [0.3, 0.4) is 0 Å². The van der Waals surface area contributed by atoms with E-state index in [0.29, 0.717) is 17.4 Å². The first-order chi connectivity index (χ1) is 9.24. The third-order valence-electron chi connectivity index (χ3n) is 3.38. The zero-order chi connectivity index (χ0) is 13.2. The minimum atomic E-state index is -0.162. The van der Waals surface area contributed by atoms with Gasteiger partial charge in [0.15, 0.2) is 0 Å². The largest absolute Gasteiger partial charge is 0.382 e. The lowest BCUT2D eigenvalue weighted by molar-refractivity contribution is 0.0926. The first-order valence-electron chi connectivity index (χ1n) is 6.41. The molecule has 1 atom stereocenters. The number of nitrogens with two attached hydrogens (primary N) is 1. The van der Waals surface area contributed by atoms with Gasteiger partial charge in [0.25, 0.3) is 5.91 Å². The minimum Gasteiger partial charge on any atom is -0.382 e. The summed E-state index contributed by atoms with van der Waals surface area (Å²) in [5.41, 5.74) is 7.05. The van der Waals surface area contributed by atoms with E-state index in [9.17, 15) is 4.79 Å². The summed E-state index contributed by atoms with van der Waals surface area (Å²) in [7, 11) is 0. The fourth-order valence-corrected chi connectivity index (χ4v) is 2.24. The Balaban J connectivity index is 1.77. The highest BCUT2D eigenvalue weighted by Crippen LogP contribution is 2.41. The summed E-state index contributed by atoms with van der Waals surface area (Å²) >= 11 is 0. The van der Waals surface area contributed by atoms with Crippen molar-refractivity contribution in [1.82, 2.24) is 15.5 Å². The maximum atomic E-state index is 12.1. The Morgan fingerprint density at radius 2 is 2.11 bits per heavy atom. The van der Waals surface area contributed by atoms with Gasteiger partial charge in [-0.05, 0) is 24.3 Å². The van der Waals surface area contributed by atoms with E-state index >= 15 is 0 Å². The van der Waals surface area contributed by atoms with Crippen LogP contribution in [0.5, 0.6) is 0 Å². The van der Waals surface area contributed by atoms with Crippen molar-refractivity contribution in [2.75, 3.05) is 5.73 Å². The fraction of sp³-hybridized carbons (Fsp3) is 0.286. The lowest BCUT2D eigenvalue weighted by atomic mass is 10.0.